The summed E-state index contributed by atoms with van der Waals surface area (Å²) in [6, 6.07) is 0. The van der Waals surface area contributed by atoms with E-state index in [0.29, 0.717) is 0 Å². The molecule has 3 heterocycles. The molecule has 0 atom stereocenters. The molecule has 1 saturated heterocycles. The summed E-state index contributed by atoms with van der Waals surface area (Å²) in [6.45, 7) is 11.1. The zero-order valence-electron chi connectivity index (χ0n) is 14.8. The highest BCUT2D eigenvalue weighted by atomic mass is 32.1. The van der Waals surface area contributed by atoms with Gasteiger partial charge < -0.3 is 10.1 Å². The van der Waals surface area contributed by atoms with E-state index in [9.17, 15) is 0 Å². The molecule has 0 saturated carbocycles. The summed E-state index contributed by atoms with van der Waals surface area (Å²) in [5.41, 5.74) is 1.57. The zero-order chi connectivity index (χ0) is 16.7. The van der Waals surface area contributed by atoms with Crippen LogP contribution in [-0.2, 0) is 17.6 Å². The van der Waals surface area contributed by atoms with Gasteiger partial charge in [0.25, 0.3) is 0 Å². The first-order valence-electron chi connectivity index (χ1n) is 8.90. The summed E-state index contributed by atoms with van der Waals surface area (Å²) >= 11 is 1.86. The van der Waals surface area contributed by atoms with Crippen LogP contribution in [0.1, 0.15) is 36.5 Å². The SMILES string of the molecule is Cc1nc(NCC(C)(C)N2CCOCC2)c2c3c(sc2n1)CCC3. The van der Waals surface area contributed by atoms with E-state index in [2.05, 4.69) is 29.0 Å². The summed E-state index contributed by atoms with van der Waals surface area (Å²) in [5.74, 6) is 1.88. The maximum absolute atomic E-state index is 5.49. The number of morpholine rings is 1. The van der Waals surface area contributed by atoms with Gasteiger partial charge in [-0.25, -0.2) is 9.97 Å². The quantitative estimate of drug-likeness (QED) is 0.922. The van der Waals surface area contributed by atoms with Crippen LogP contribution in [0.3, 0.4) is 0 Å². The van der Waals surface area contributed by atoms with Gasteiger partial charge in [0, 0.05) is 30.1 Å². The molecular weight excluding hydrogens is 320 g/mol. The average Bonchev–Trinajstić information content (AvgIpc) is 3.14. The van der Waals surface area contributed by atoms with Crippen molar-refractivity contribution in [2.24, 2.45) is 0 Å². The summed E-state index contributed by atoms with van der Waals surface area (Å²) < 4.78 is 5.49. The van der Waals surface area contributed by atoms with Crippen LogP contribution in [0.2, 0.25) is 0 Å². The Morgan fingerprint density at radius 3 is 2.79 bits per heavy atom. The van der Waals surface area contributed by atoms with Crippen LogP contribution < -0.4 is 5.32 Å². The van der Waals surface area contributed by atoms with Crippen LogP contribution >= 0.6 is 11.3 Å². The summed E-state index contributed by atoms with van der Waals surface area (Å²) in [4.78, 5) is 14.6. The Morgan fingerprint density at radius 2 is 2.00 bits per heavy atom. The lowest BCUT2D eigenvalue weighted by molar-refractivity contribution is -0.00569. The predicted molar refractivity (Wildman–Crippen MR) is 99.1 cm³/mol. The molecule has 6 heteroatoms. The van der Waals surface area contributed by atoms with Crippen LogP contribution in [0.4, 0.5) is 5.82 Å². The number of hydrogen-bond donors (Lipinski definition) is 1. The summed E-state index contributed by atoms with van der Waals surface area (Å²) in [7, 11) is 0. The van der Waals surface area contributed by atoms with Gasteiger partial charge in [0.1, 0.15) is 16.5 Å². The van der Waals surface area contributed by atoms with Crippen LogP contribution in [0, 0.1) is 6.92 Å². The topological polar surface area (TPSA) is 50.3 Å². The summed E-state index contributed by atoms with van der Waals surface area (Å²) in [5, 5.41) is 4.93. The number of fused-ring (bicyclic) bond motifs is 3. The average molecular weight is 347 g/mol. The third kappa shape index (κ3) is 2.91. The fourth-order valence-electron chi connectivity index (χ4n) is 3.81. The van der Waals surface area contributed by atoms with Crippen LogP contribution in [-0.4, -0.2) is 53.3 Å². The first-order chi connectivity index (χ1) is 11.5. The number of anilines is 1. The third-order valence-corrected chi connectivity index (χ3v) is 6.42. The van der Waals surface area contributed by atoms with E-state index >= 15 is 0 Å². The van der Waals surface area contributed by atoms with Crippen molar-refractivity contribution in [1.29, 1.82) is 0 Å². The molecule has 0 bridgehead atoms. The smallest absolute Gasteiger partial charge is 0.138 e. The maximum Gasteiger partial charge on any atom is 0.138 e. The van der Waals surface area contributed by atoms with Crippen molar-refractivity contribution in [2.45, 2.75) is 45.6 Å². The fraction of sp³-hybridized carbons (Fsp3) is 0.667. The molecule has 0 radical (unpaired) electrons. The van der Waals surface area contributed by atoms with Crippen molar-refractivity contribution in [3.05, 3.63) is 16.3 Å². The number of nitrogens with one attached hydrogen (secondary N) is 1. The van der Waals surface area contributed by atoms with Crippen LogP contribution in [0.5, 0.6) is 0 Å². The van der Waals surface area contributed by atoms with E-state index in [1.807, 2.05) is 18.3 Å². The second-order valence-corrected chi connectivity index (χ2v) is 8.51. The van der Waals surface area contributed by atoms with E-state index in [-0.39, 0.29) is 5.54 Å². The Morgan fingerprint density at radius 1 is 1.21 bits per heavy atom. The standard InChI is InChI=1S/C18H26N4OS/c1-12-20-16(15-13-5-4-6-14(13)24-17(15)21-12)19-11-18(2,3)22-7-9-23-10-8-22/h4-11H2,1-3H3,(H,19,20,21). The first kappa shape index (κ1) is 16.2. The number of hydrogen-bond acceptors (Lipinski definition) is 6. The van der Waals surface area contributed by atoms with Crippen molar-refractivity contribution < 1.29 is 4.74 Å². The minimum Gasteiger partial charge on any atom is -0.379 e. The normalized spacial score (nSPS) is 19.0. The lowest BCUT2D eigenvalue weighted by Gasteiger charge is -2.41. The van der Waals surface area contributed by atoms with Gasteiger partial charge in [-0.1, -0.05) is 0 Å². The first-order valence-corrected chi connectivity index (χ1v) is 9.72. The second kappa shape index (κ2) is 6.24. The lowest BCUT2D eigenvalue weighted by atomic mass is 10.0. The number of aromatic nitrogens is 2. The Kier molecular flexibility index (Phi) is 4.22. The molecule has 2 aromatic heterocycles. The van der Waals surface area contributed by atoms with Crippen molar-refractivity contribution >= 4 is 27.4 Å². The highest BCUT2D eigenvalue weighted by Crippen LogP contribution is 2.39. The Hall–Kier alpha value is -1.24. The molecular formula is C18H26N4OS. The van der Waals surface area contributed by atoms with Gasteiger partial charge in [0.05, 0.1) is 18.6 Å². The van der Waals surface area contributed by atoms with E-state index in [4.69, 9.17) is 9.72 Å². The van der Waals surface area contributed by atoms with E-state index < -0.39 is 0 Å². The molecule has 24 heavy (non-hydrogen) atoms. The molecule has 2 aliphatic rings. The molecule has 0 aromatic carbocycles. The monoisotopic (exact) mass is 346 g/mol. The van der Waals surface area contributed by atoms with E-state index in [0.717, 1.165) is 49.3 Å². The summed E-state index contributed by atoms with van der Waals surface area (Å²) in [6.07, 6.45) is 3.64. The molecule has 1 aliphatic carbocycles. The highest BCUT2D eigenvalue weighted by molar-refractivity contribution is 7.19. The molecule has 1 N–H and O–H groups in total. The van der Waals surface area contributed by atoms with Gasteiger partial charge in [-0.3, -0.25) is 4.90 Å². The molecule has 0 unspecified atom stereocenters. The van der Waals surface area contributed by atoms with Crippen molar-refractivity contribution in [3.63, 3.8) is 0 Å². The Balaban J connectivity index is 1.60. The van der Waals surface area contributed by atoms with E-state index in [1.165, 1.54) is 35.1 Å². The molecule has 2 aromatic rings. The van der Waals surface area contributed by atoms with Gasteiger partial charge in [-0.05, 0) is 45.6 Å². The number of nitrogens with zero attached hydrogens (tertiary/aromatic N) is 3. The molecule has 130 valence electrons. The van der Waals surface area contributed by atoms with Crippen LogP contribution in [0.25, 0.3) is 10.2 Å². The maximum atomic E-state index is 5.49. The van der Waals surface area contributed by atoms with Crippen molar-refractivity contribution in [2.75, 3.05) is 38.2 Å². The number of aryl methyl sites for hydroxylation is 3. The van der Waals surface area contributed by atoms with Gasteiger partial charge in [0.15, 0.2) is 0 Å². The van der Waals surface area contributed by atoms with Gasteiger partial charge in [-0.15, -0.1) is 11.3 Å². The van der Waals surface area contributed by atoms with Crippen LogP contribution in [0.15, 0.2) is 0 Å². The largest absolute Gasteiger partial charge is 0.379 e. The molecule has 0 amide bonds. The second-order valence-electron chi connectivity index (χ2n) is 7.42. The lowest BCUT2D eigenvalue weighted by Crippen LogP contribution is -2.53. The van der Waals surface area contributed by atoms with Gasteiger partial charge in [0.2, 0.25) is 0 Å². The van der Waals surface area contributed by atoms with Gasteiger partial charge >= 0.3 is 0 Å². The molecule has 4 rings (SSSR count). The zero-order valence-corrected chi connectivity index (χ0v) is 15.6. The highest BCUT2D eigenvalue weighted by Gasteiger charge is 2.29. The minimum absolute atomic E-state index is 0.0775. The number of ether oxygens (including phenoxy) is 1. The van der Waals surface area contributed by atoms with Crippen molar-refractivity contribution in [1.82, 2.24) is 14.9 Å². The number of thiophene rings is 1. The molecule has 0 spiro atoms. The number of rotatable bonds is 4. The fourth-order valence-corrected chi connectivity index (χ4v) is 5.12. The third-order valence-electron chi connectivity index (χ3n) is 5.23. The Bertz CT molecular complexity index is 749. The van der Waals surface area contributed by atoms with Gasteiger partial charge in [-0.2, -0.15) is 0 Å². The predicted octanol–water partition coefficient (Wildman–Crippen LogP) is 3.01. The van der Waals surface area contributed by atoms with E-state index in [1.54, 1.807) is 0 Å². The molecule has 5 nitrogen and oxygen atoms in total. The Labute approximate surface area is 147 Å². The minimum atomic E-state index is 0.0775. The molecule has 1 fully saturated rings. The molecule has 1 aliphatic heterocycles. The van der Waals surface area contributed by atoms with Crippen molar-refractivity contribution in [3.8, 4) is 0 Å².